The molecular weight excluding hydrogens is 210 g/mol. The molecule has 0 aliphatic rings. The summed E-state index contributed by atoms with van der Waals surface area (Å²) >= 11 is 1.63. The maximum atomic E-state index is 10.8. The van der Waals surface area contributed by atoms with Crippen LogP contribution in [-0.4, -0.2) is 12.2 Å². The number of aldehydes is 1. The highest BCUT2D eigenvalue weighted by Crippen LogP contribution is 2.25. The largest absolute Gasteiger partial charge is 0.346 e. The summed E-state index contributed by atoms with van der Waals surface area (Å²) in [5.41, 5.74) is 1.05. The van der Waals surface area contributed by atoms with Crippen LogP contribution >= 0.6 is 11.3 Å². The van der Waals surface area contributed by atoms with Crippen molar-refractivity contribution < 1.29 is 9.59 Å². The lowest BCUT2D eigenvalue weighted by molar-refractivity contribution is -0.131. The SMILES string of the molecule is O=CC(=O)NCc1csc2ccccc12. The molecule has 2 aromatic rings. The predicted octanol–water partition coefficient (Wildman–Crippen LogP) is 1.72. The number of fused-ring (bicyclic) bond motifs is 1. The number of benzene rings is 1. The van der Waals surface area contributed by atoms with Gasteiger partial charge >= 0.3 is 0 Å². The number of carbonyl (C=O) groups excluding carboxylic acids is 2. The molecule has 1 aromatic carbocycles. The molecule has 0 spiro atoms. The van der Waals surface area contributed by atoms with Crippen molar-refractivity contribution in [3.8, 4) is 0 Å². The first-order chi connectivity index (χ1) is 7.31. The lowest BCUT2D eigenvalue weighted by Crippen LogP contribution is -2.23. The van der Waals surface area contributed by atoms with Gasteiger partial charge in [0, 0.05) is 11.2 Å². The van der Waals surface area contributed by atoms with Gasteiger partial charge in [0.1, 0.15) is 0 Å². The molecule has 1 N–H and O–H groups in total. The van der Waals surface area contributed by atoms with Gasteiger partial charge in [-0.3, -0.25) is 9.59 Å². The average molecular weight is 219 g/mol. The van der Waals surface area contributed by atoms with Crippen LogP contribution in [0.2, 0.25) is 0 Å². The maximum Gasteiger partial charge on any atom is 0.284 e. The smallest absolute Gasteiger partial charge is 0.284 e. The zero-order valence-corrected chi connectivity index (χ0v) is 8.71. The summed E-state index contributed by atoms with van der Waals surface area (Å²) in [4.78, 5) is 20.9. The first-order valence-corrected chi connectivity index (χ1v) is 5.37. The number of hydrogen-bond acceptors (Lipinski definition) is 3. The molecule has 4 heteroatoms. The van der Waals surface area contributed by atoms with Crippen LogP contribution in [0.3, 0.4) is 0 Å². The molecule has 3 nitrogen and oxygen atoms in total. The molecule has 0 saturated carbocycles. The lowest BCUT2D eigenvalue weighted by Gasteiger charge is -1.99. The molecule has 0 radical (unpaired) electrons. The maximum absolute atomic E-state index is 10.8. The van der Waals surface area contributed by atoms with E-state index in [1.165, 1.54) is 4.70 Å². The van der Waals surface area contributed by atoms with Crippen molar-refractivity contribution in [3.63, 3.8) is 0 Å². The second kappa shape index (κ2) is 4.23. The Morgan fingerprint density at radius 3 is 3.00 bits per heavy atom. The molecule has 0 bridgehead atoms. The Morgan fingerprint density at radius 1 is 1.40 bits per heavy atom. The van der Waals surface area contributed by atoms with E-state index in [1.807, 2.05) is 29.6 Å². The molecule has 0 atom stereocenters. The van der Waals surface area contributed by atoms with E-state index in [4.69, 9.17) is 0 Å². The van der Waals surface area contributed by atoms with Gasteiger partial charge in [-0.25, -0.2) is 0 Å². The van der Waals surface area contributed by atoms with Crippen molar-refractivity contribution in [1.82, 2.24) is 5.32 Å². The minimum atomic E-state index is -0.578. The number of nitrogens with one attached hydrogen (secondary N) is 1. The van der Waals surface area contributed by atoms with E-state index in [-0.39, 0.29) is 6.29 Å². The van der Waals surface area contributed by atoms with Gasteiger partial charge in [0.05, 0.1) is 0 Å². The Hall–Kier alpha value is -1.68. The fourth-order valence-corrected chi connectivity index (χ4v) is 2.36. The molecule has 0 fully saturated rings. The van der Waals surface area contributed by atoms with Crippen LogP contribution in [0.25, 0.3) is 10.1 Å². The van der Waals surface area contributed by atoms with Gasteiger partial charge in [-0.05, 0) is 22.4 Å². The summed E-state index contributed by atoms with van der Waals surface area (Å²) in [5.74, 6) is -0.578. The van der Waals surface area contributed by atoms with Gasteiger partial charge in [-0.1, -0.05) is 18.2 Å². The molecule has 0 aliphatic heterocycles. The third-order valence-electron chi connectivity index (χ3n) is 2.12. The Balaban J connectivity index is 2.21. The molecule has 1 heterocycles. The van der Waals surface area contributed by atoms with Gasteiger partial charge in [0.25, 0.3) is 5.91 Å². The van der Waals surface area contributed by atoms with E-state index < -0.39 is 5.91 Å². The summed E-state index contributed by atoms with van der Waals surface area (Å²) in [6.45, 7) is 0.404. The van der Waals surface area contributed by atoms with E-state index in [9.17, 15) is 9.59 Å². The highest BCUT2D eigenvalue weighted by molar-refractivity contribution is 7.17. The van der Waals surface area contributed by atoms with E-state index in [1.54, 1.807) is 11.3 Å². The molecule has 2 rings (SSSR count). The van der Waals surface area contributed by atoms with E-state index in [2.05, 4.69) is 5.32 Å². The topological polar surface area (TPSA) is 46.2 Å². The Kier molecular flexibility index (Phi) is 2.78. The second-order valence-corrected chi connectivity index (χ2v) is 4.00. The zero-order valence-electron chi connectivity index (χ0n) is 7.90. The summed E-state index contributed by atoms with van der Waals surface area (Å²) in [7, 11) is 0. The van der Waals surface area contributed by atoms with Crippen LogP contribution in [-0.2, 0) is 16.1 Å². The first-order valence-electron chi connectivity index (χ1n) is 4.49. The number of carbonyl (C=O) groups is 2. The number of thiophene rings is 1. The molecule has 0 unspecified atom stereocenters. The molecule has 15 heavy (non-hydrogen) atoms. The van der Waals surface area contributed by atoms with Crippen LogP contribution in [0.5, 0.6) is 0 Å². The molecule has 1 aromatic heterocycles. The average Bonchev–Trinajstić information content (AvgIpc) is 2.69. The first kappa shape index (κ1) is 9.86. The van der Waals surface area contributed by atoms with Crippen molar-refractivity contribution >= 4 is 33.6 Å². The van der Waals surface area contributed by atoms with Gasteiger partial charge < -0.3 is 5.32 Å². The Labute approximate surface area is 90.7 Å². The van der Waals surface area contributed by atoms with Crippen molar-refractivity contribution in [2.24, 2.45) is 0 Å². The number of amides is 1. The summed E-state index contributed by atoms with van der Waals surface area (Å²) in [6.07, 6.45) is 0.286. The second-order valence-electron chi connectivity index (χ2n) is 3.09. The Morgan fingerprint density at radius 2 is 2.20 bits per heavy atom. The van der Waals surface area contributed by atoms with Gasteiger partial charge in [0.15, 0.2) is 0 Å². The quantitative estimate of drug-likeness (QED) is 0.631. The number of rotatable bonds is 3. The van der Waals surface area contributed by atoms with Crippen molar-refractivity contribution in [2.45, 2.75) is 6.54 Å². The molecular formula is C11H9NO2S. The predicted molar refractivity (Wildman–Crippen MR) is 59.7 cm³/mol. The third-order valence-corrected chi connectivity index (χ3v) is 3.13. The van der Waals surface area contributed by atoms with Crippen LogP contribution in [0, 0.1) is 0 Å². The van der Waals surface area contributed by atoms with Gasteiger partial charge in [0.2, 0.25) is 6.29 Å². The standard InChI is InChI=1S/C11H9NO2S/c13-6-11(14)12-5-8-7-15-10-4-2-1-3-9(8)10/h1-4,6-7H,5H2,(H,12,14). The van der Waals surface area contributed by atoms with Crippen molar-refractivity contribution in [1.29, 1.82) is 0 Å². The molecule has 76 valence electrons. The lowest BCUT2D eigenvalue weighted by atomic mass is 10.2. The van der Waals surface area contributed by atoms with Crippen LogP contribution in [0.4, 0.5) is 0 Å². The van der Waals surface area contributed by atoms with E-state index in [0.29, 0.717) is 6.54 Å². The third kappa shape index (κ3) is 2.05. The zero-order chi connectivity index (χ0) is 10.7. The molecule has 1 amide bonds. The number of hydrogen-bond donors (Lipinski definition) is 1. The minimum Gasteiger partial charge on any atom is -0.346 e. The van der Waals surface area contributed by atoms with Gasteiger partial charge in [-0.2, -0.15) is 0 Å². The summed E-state index contributed by atoms with van der Waals surface area (Å²) in [6, 6.07) is 7.98. The normalized spacial score (nSPS) is 10.1. The van der Waals surface area contributed by atoms with Crippen LogP contribution in [0.1, 0.15) is 5.56 Å². The monoisotopic (exact) mass is 219 g/mol. The fourth-order valence-electron chi connectivity index (χ4n) is 1.39. The molecule has 0 aliphatic carbocycles. The Bertz CT molecular complexity index is 504. The highest BCUT2D eigenvalue weighted by atomic mass is 32.1. The highest BCUT2D eigenvalue weighted by Gasteiger charge is 2.04. The van der Waals surface area contributed by atoms with E-state index >= 15 is 0 Å². The summed E-state index contributed by atoms with van der Waals surface area (Å²) in [5, 5.41) is 5.66. The van der Waals surface area contributed by atoms with Crippen molar-refractivity contribution in [3.05, 3.63) is 35.2 Å². The van der Waals surface area contributed by atoms with Crippen molar-refractivity contribution in [2.75, 3.05) is 0 Å². The van der Waals surface area contributed by atoms with Crippen LogP contribution < -0.4 is 5.32 Å². The molecule has 0 saturated heterocycles. The summed E-state index contributed by atoms with van der Waals surface area (Å²) < 4.78 is 1.19. The van der Waals surface area contributed by atoms with Crippen LogP contribution in [0.15, 0.2) is 29.6 Å². The van der Waals surface area contributed by atoms with Gasteiger partial charge in [-0.15, -0.1) is 11.3 Å². The minimum absolute atomic E-state index is 0.286. The fraction of sp³-hybridized carbons (Fsp3) is 0.0909. The van der Waals surface area contributed by atoms with E-state index in [0.717, 1.165) is 10.9 Å².